The Kier molecular flexibility index (Phi) is 7.00. The number of unbranched alkanes of at least 4 members (excludes halogenated alkanes) is 1. The molecular formula is C13H17IO3. The van der Waals surface area contributed by atoms with Crippen LogP contribution in [0.2, 0.25) is 0 Å². The zero-order chi connectivity index (χ0) is 12.5. The number of hydrogen-bond donors (Lipinski definition) is 0. The van der Waals surface area contributed by atoms with Crippen LogP contribution in [0.3, 0.4) is 0 Å². The van der Waals surface area contributed by atoms with Gasteiger partial charge in [0.25, 0.3) is 0 Å². The van der Waals surface area contributed by atoms with Gasteiger partial charge in [-0.2, -0.15) is 0 Å². The second kappa shape index (κ2) is 8.33. The summed E-state index contributed by atoms with van der Waals surface area (Å²) < 4.78 is 11.6. The molecule has 0 N–H and O–H groups in total. The van der Waals surface area contributed by atoms with Gasteiger partial charge in [0.2, 0.25) is 0 Å². The van der Waals surface area contributed by atoms with Gasteiger partial charge in [-0.1, -0.05) is 0 Å². The topological polar surface area (TPSA) is 35.5 Å². The van der Waals surface area contributed by atoms with Crippen molar-refractivity contribution in [1.29, 1.82) is 0 Å². The largest absolute Gasteiger partial charge is 0.494 e. The van der Waals surface area contributed by atoms with E-state index < -0.39 is 0 Å². The molecule has 4 heteroatoms. The minimum absolute atomic E-state index is 0.123. The number of carbonyl (C=O) groups is 1. The van der Waals surface area contributed by atoms with Gasteiger partial charge in [0.15, 0.2) is 0 Å². The van der Waals surface area contributed by atoms with Crippen molar-refractivity contribution in [3.8, 4) is 5.75 Å². The van der Waals surface area contributed by atoms with Crippen molar-refractivity contribution >= 4 is 28.6 Å². The molecule has 0 spiro atoms. The predicted octanol–water partition coefficient (Wildman–Crippen LogP) is 3.40. The number of carbonyl (C=O) groups excluding carboxylic acids is 1. The van der Waals surface area contributed by atoms with E-state index in [0.717, 1.165) is 18.6 Å². The van der Waals surface area contributed by atoms with Crippen molar-refractivity contribution in [2.45, 2.75) is 26.2 Å². The van der Waals surface area contributed by atoms with E-state index in [-0.39, 0.29) is 5.97 Å². The van der Waals surface area contributed by atoms with Crippen LogP contribution in [-0.2, 0) is 9.53 Å². The van der Waals surface area contributed by atoms with Crippen LogP contribution in [0.5, 0.6) is 5.75 Å². The van der Waals surface area contributed by atoms with Gasteiger partial charge in [0.1, 0.15) is 5.75 Å². The second-order valence-electron chi connectivity index (χ2n) is 3.56. The van der Waals surface area contributed by atoms with Crippen LogP contribution < -0.4 is 4.74 Å². The summed E-state index contributed by atoms with van der Waals surface area (Å²) in [4.78, 5) is 11.0. The van der Waals surface area contributed by atoms with Crippen molar-refractivity contribution in [2.24, 2.45) is 0 Å². The average molecular weight is 348 g/mol. The monoisotopic (exact) mass is 348 g/mol. The number of ether oxygens (including phenoxy) is 2. The van der Waals surface area contributed by atoms with Crippen LogP contribution in [0, 0.1) is 3.57 Å². The molecule has 0 saturated carbocycles. The fourth-order valence-corrected chi connectivity index (χ4v) is 1.68. The highest BCUT2D eigenvalue weighted by atomic mass is 127. The summed E-state index contributed by atoms with van der Waals surface area (Å²) >= 11 is 2.26. The second-order valence-corrected chi connectivity index (χ2v) is 4.81. The maximum Gasteiger partial charge on any atom is 0.305 e. The van der Waals surface area contributed by atoms with Gasteiger partial charge in [-0.3, -0.25) is 4.79 Å². The van der Waals surface area contributed by atoms with E-state index in [9.17, 15) is 4.79 Å². The highest BCUT2D eigenvalue weighted by molar-refractivity contribution is 14.1. The summed E-state index contributed by atoms with van der Waals surface area (Å²) in [5.74, 6) is 0.753. The zero-order valence-corrected chi connectivity index (χ0v) is 12.1. The molecule has 0 radical (unpaired) electrons. The molecule has 17 heavy (non-hydrogen) atoms. The Balaban J connectivity index is 2.08. The maximum absolute atomic E-state index is 11.0. The van der Waals surface area contributed by atoms with Crippen LogP contribution in [-0.4, -0.2) is 19.2 Å². The van der Waals surface area contributed by atoms with Gasteiger partial charge in [-0.15, -0.1) is 0 Å². The lowest BCUT2D eigenvalue weighted by atomic mass is 10.2. The van der Waals surface area contributed by atoms with E-state index in [1.807, 2.05) is 31.2 Å². The maximum atomic E-state index is 11.0. The third kappa shape index (κ3) is 6.51. The van der Waals surface area contributed by atoms with Crippen molar-refractivity contribution in [3.63, 3.8) is 0 Å². The normalized spacial score (nSPS) is 10.0. The first-order valence-electron chi connectivity index (χ1n) is 5.76. The highest BCUT2D eigenvalue weighted by Crippen LogP contribution is 2.13. The van der Waals surface area contributed by atoms with E-state index in [4.69, 9.17) is 9.47 Å². The van der Waals surface area contributed by atoms with Gasteiger partial charge < -0.3 is 9.47 Å². The average Bonchev–Trinajstić information content (AvgIpc) is 2.31. The Morgan fingerprint density at radius 3 is 2.59 bits per heavy atom. The summed E-state index contributed by atoms with van der Waals surface area (Å²) in [5.41, 5.74) is 0. The quantitative estimate of drug-likeness (QED) is 0.430. The lowest BCUT2D eigenvalue weighted by Crippen LogP contribution is -2.05. The molecular weight excluding hydrogens is 331 g/mol. The summed E-state index contributed by atoms with van der Waals surface area (Å²) in [6, 6.07) is 7.92. The molecule has 0 unspecified atom stereocenters. The third-order valence-corrected chi connectivity index (χ3v) is 2.88. The van der Waals surface area contributed by atoms with Crippen LogP contribution >= 0.6 is 22.6 Å². The van der Waals surface area contributed by atoms with Gasteiger partial charge in [0, 0.05) is 9.99 Å². The molecule has 0 aliphatic rings. The number of rotatable bonds is 7. The standard InChI is InChI=1S/C13H17IO3/c1-2-16-13(15)5-3-4-10-17-12-8-6-11(14)7-9-12/h6-9H,2-5,10H2,1H3. The molecule has 1 aromatic carbocycles. The fraction of sp³-hybridized carbons (Fsp3) is 0.462. The van der Waals surface area contributed by atoms with Crippen molar-refractivity contribution in [2.75, 3.05) is 13.2 Å². The molecule has 0 aliphatic carbocycles. The molecule has 3 nitrogen and oxygen atoms in total. The van der Waals surface area contributed by atoms with E-state index in [1.54, 1.807) is 0 Å². The van der Waals surface area contributed by atoms with Crippen molar-refractivity contribution in [1.82, 2.24) is 0 Å². The number of hydrogen-bond acceptors (Lipinski definition) is 3. The SMILES string of the molecule is CCOC(=O)CCCCOc1ccc(I)cc1. The van der Waals surface area contributed by atoms with E-state index in [2.05, 4.69) is 22.6 Å². The van der Waals surface area contributed by atoms with Gasteiger partial charge in [-0.05, 0) is 66.6 Å². The first kappa shape index (κ1) is 14.3. The summed E-state index contributed by atoms with van der Waals surface area (Å²) in [5, 5.41) is 0. The molecule has 1 rings (SSSR count). The summed E-state index contributed by atoms with van der Waals surface area (Å²) in [6.07, 6.45) is 2.15. The molecule has 94 valence electrons. The Hall–Kier alpha value is -0.780. The highest BCUT2D eigenvalue weighted by Gasteiger charge is 2.01. The van der Waals surface area contributed by atoms with Crippen molar-refractivity contribution in [3.05, 3.63) is 27.8 Å². The van der Waals surface area contributed by atoms with E-state index in [1.165, 1.54) is 3.57 Å². The molecule has 0 atom stereocenters. The Bertz CT molecular complexity index is 335. The molecule has 0 saturated heterocycles. The first-order valence-corrected chi connectivity index (χ1v) is 6.84. The van der Waals surface area contributed by atoms with Gasteiger partial charge in [0.05, 0.1) is 13.2 Å². The molecule has 0 bridgehead atoms. The minimum atomic E-state index is -0.123. The molecule has 0 aliphatic heterocycles. The van der Waals surface area contributed by atoms with E-state index in [0.29, 0.717) is 19.6 Å². The molecule has 0 heterocycles. The predicted molar refractivity (Wildman–Crippen MR) is 75.1 cm³/mol. The Morgan fingerprint density at radius 1 is 1.24 bits per heavy atom. The van der Waals surface area contributed by atoms with Gasteiger partial charge >= 0.3 is 5.97 Å². The molecule has 0 fully saturated rings. The Morgan fingerprint density at radius 2 is 1.94 bits per heavy atom. The number of benzene rings is 1. The lowest BCUT2D eigenvalue weighted by molar-refractivity contribution is -0.143. The zero-order valence-electron chi connectivity index (χ0n) is 9.95. The minimum Gasteiger partial charge on any atom is -0.494 e. The van der Waals surface area contributed by atoms with Crippen molar-refractivity contribution < 1.29 is 14.3 Å². The summed E-state index contributed by atoms with van der Waals surface area (Å²) in [6.45, 7) is 2.91. The molecule has 1 aromatic rings. The molecule has 0 aromatic heterocycles. The van der Waals surface area contributed by atoms with Crippen LogP contribution in [0.4, 0.5) is 0 Å². The first-order chi connectivity index (χ1) is 8.22. The third-order valence-electron chi connectivity index (χ3n) is 2.16. The number of esters is 1. The lowest BCUT2D eigenvalue weighted by Gasteiger charge is -2.06. The Labute approximate surface area is 116 Å². The smallest absolute Gasteiger partial charge is 0.305 e. The van der Waals surface area contributed by atoms with E-state index >= 15 is 0 Å². The van der Waals surface area contributed by atoms with Crippen LogP contribution in [0.1, 0.15) is 26.2 Å². The fourth-order valence-electron chi connectivity index (χ4n) is 1.33. The molecule has 0 amide bonds. The van der Waals surface area contributed by atoms with Crippen LogP contribution in [0.25, 0.3) is 0 Å². The summed E-state index contributed by atoms with van der Waals surface area (Å²) in [7, 11) is 0. The number of halogens is 1. The van der Waals surface area contributed by atoms with Gasteiger partial charge in [-0.25, -0.2) is 0 Å². The van der Waals surface area contributed by atoms with Crippen LogP contribution in [0.15, 0.2) is 24.3 Å².